The molecule has 0 aliphatic carbocycles. The average molecular weight is 234 g/mol. The maximum Gasteiger partial charge on any atom is 0.251 e. The molecule has 3 heteroatoms. The summed E-state index contributed by atoms with van der Waals surface area (Å²) in [4.78, 5) is 11.9. The van der Waals surface area contributed by atoms with Gasteiger partial charge in [-0.15, -0.1) is 0 Å². The summed E-state index contributed by atoms with van der Waals surface area (Å²) in [5, 5.41) is 2.95. The molecule has 0 aromatic heterocycles. The van der Waals surface area contributed by atoms with Crippen molar-refractivity contribution < 1.29 is 4.79 Å². The van der Waals surface area contributed by atoms with Crippen LogP contribution in [-0.4, -0.2) is 19.0 Å². The molecule has 1 amide bonds. The molecule has 17 heavy (non-hydrogen) atoms. The molecule has 0 radical (unpaired) electrons. The van der Waals surface area contributed by atoms with Crippen molar-refractivity contribution in [2.75, 3.05) is 13.1 Å². The van der Waals surface area contributed by atoms with Gasteiger partial charge in [-0.2, -0.15) is 0 Å². The van der Waals surface area contributed by atoms with Crippen LogP contribution in [0.25, 0.3) is 0 Å². The van der Waals surface area contributed by atoms with Crippen molar-refractivity contribution in [2.45, 2.75) is 33.1 Å². The summed E-state index contributed by atoms with van der Waals surface area (Å²) in [5.41, 5.74) is 8.33. The van der Waals surface area contributed by atoms with Gasteiger partial charge in [0, 0.05) is 12.1 Å². The molecule has 0 aliphatic rings. The molecule has 1 aromatic carbocycles. The normalized spacial score (nSPS) is 10.3. The summed E-state index contributed by atoms with van der Waals surface area (Å²) in [6, 6.07) is 5.94. The quantitative estimate of drug-likeness (QED) is 0.741. The fourth-order valence-electron chi connectivity index (χ4n) is 1.72. The molecule has 0 unspecified atom stereocenters. The molecule has 1 aromatic rings. The van der Waals surface area contributed by atoms with Crippen LogP contribution >= 0.6 is 0 Å². The second kappa shape index (κ2) is 7.07. The lowest BCUT2D eigenvalue weighted by molar-refractivity contribution is 0.0952. The van der Waals surface area contributed by atoms with Gasteiger partial charge in [-0.25, -0.2) is 0 Å². The van der Waals surface area contributed by atoms with Gasteiger partial charge in [0.15, 0.2) is 0 Å². The van der Waals surface area contributed by atoms with Crippen molar-refractivity contribution in [1.82, 2.24) is 5.32 Å². The van der Waals surface area contributed by atoms with Gasteiger partial charge in [-0.05, 0) is 44.9 Å². The standard InChI is InChI=1S/C14H22N2O/c1-11-6-7-12(2)13(10-11)14(17)16-9-5-3-4-8-15/h6-7,10H,3-5,8-9,15H2,1-2H3,(H,16,17). The molecule has 0 saturated carbocycles. The Kier molecular flexibility index (Phi) is 5.70. The van der Waals surface area contributed by atoms with Gasteiger partial charge in [0.2, 0.25) is 0 Å². The number of rotatable bonds is 6. The van der Waals surface area contributed by atoms with Crippen molar-refractivity contribution in [3.05, 3.63) is 34.9 Å². The second-order valence-corrected chi connectivity index (χ2v) is 4.42. The van der Waals surface area contributed by atoms with Gasteiger partial charge in [-0.3, -0.25) is 4.79 Å². The van der Waals surface area contributed by atoms with Crippen molar-refractivity contribution in [3.63, 3.8) is 0 Å². The van der Waals surface area contributed by atoms with Crippen molar-refractivity contribution in [2.24, 2.45) is 5.73 Å². The van der Waals surface area contributed by atoms with Crippen LogP contribution in [0.1, 0.15) is 40.7 Å². The SMILES string of the molecule is Cc1ccc(C)c(C(=O)NCCCCCN)c1. The van der Waals surface area contributed by atoms with E-state index in [4.69, 9.17) is 5.73 Å². The Morgan fingerprint density at radius 3 is 2.71 bits per heavy atom. The van der Waals surface area contributed by atoms with Gasteiger partial charge in [-0.1, -0.05) is 24.1 Å². The van der Waals surface area contributed by atoms with E-state index in [1.807, 2.05) is 32.0 Å². The number of hydrogen-bond donors (Lipinski definition) is 2. The first-order valence-electron chi connectivity index (χ1n) is 6.20. The highest BCUT2D eigenvalue weighted by molar-refractivity contribution is 5.95. The van der Waals surface area contributed by atoms with E-state index in [-0.39, 0.29) is 5.91 Å². The average Bonchev–Trinajstić information content (AvgIpc) is 2.32. The van der Waals surface area contributed by atoms with Crippen LogP contribution in [0, 0.1) is 13.8 Å². The molecule has 0 fully saturated rings. The van der Waals surface area contributed by atoms with Gasteiger partial charge < -0.3 is 11.1 Å². The number of nitrogens with one attached hydrogen (secondary N) is 1. The second-order valence-electron chi connectivity index (χ2n) is 4.42. The van der Waals surface area contributed by atoms with Gasteiger partial charge in [0.1, 0.15) is 0 Å². The first-order valence-corrected chi connectivity index (χ1v) is 6.20. The number of carbonyl (C=O) groups excluding carboxylic acids is 1. The van der Waals surface area contributed by atoms with E-state index in [1.165, 1.54) is 0 Å². The van der Waals surface area contributed by atoms with E-state index in [1.54, 1.807) is 0 Å². The Morgan fingerprint density at radius 1 is 1.24 bits per heavy atom. The number of unbranched alkanes of at least 4 members (excludes halogenated alkanes) is 2. The molecule has 3 N–H and O–H groups in total. The maximum atomic E-state index is 11.9. The summed E-state index contributed by atoms with van der Waals surface area (Å²) in [7, 11) is 0. The van der Waals surface area contributed by atoms with Gasteiger partial charge in [0.25, 0.3) is 5.91 Å². The topological polar surface area (TPSA) is 55.1 Å². The first-order chi connectivity index (χ1) is 8.15. The lowest BCUT2D eigenvalue weighted by Crippen LogP contribution is -2.25. The highest BCUT2D eigenvalue weighted by atomic mass is 16.1. The third-order valence-electron chi connectivity index (χ3n) is 2.80. The van der Waals surface area contributed by atoms with E-state index < -0.39 is 0 Å². The lowest BCUT2D eigenvalue weighted by Gasteiger charge is -2.08. The first kappa shape index (κ1) is 13.7. The molecule has 0 heterocycles. The minimum atomic E-state index is 0.0268. The predicted octanol–water partition coefficient (Wildman–Crippen LogP) is 2.16. The fraction of sp³-hybridized carbons (Fsp3) is 0.500. The number of benzene rings is 1. The molecule has 0 bridgehead atoms. The van der Waals surface area contributed by atoms with E-state index in [2.05, 4.69) is 5.32 Å². The Morgan fingerprint density at radius 2 is 2.00 bits per heavy atom. The molecule has 1 rings (SSSR count). The van der Waals surface area contributed by atoms with Crippen LogP contribution in [0.4, 0.5) is 0 Å². The molecule has 0 saturated heterocycles. The van der Waals surface area contributed by atoms with Gasteiger partial charge >= 0.3 is 0 Å². The summed E-state index contributed by atoms with van der Waals surface area (Å²) in [5.74, 6) is 0.0268. The van der Waals surface area contributed by atoms with Gasteiger partial charge in [0.05, 0.1) is 0 Å². The van der Waals surface area contributed by atoms with Crippen LogP contribution in [-0.2, 0) is 0 Å². The maximum absolute atomic E-state index is 11.9. The zero-order chi connectivity index (χ0) is 12.7. The smallest absolute Gasteiger partial charge is 0.251 e. The third kappa shape index (κ3) is 4.57. The molecule has 0 spiro atoms. The Labute approximate surface area is 103 Å². The Bertz CT molecular complexity index is 374. The Balaban J connectivity index is 2.44. The molecule has 0 aliphatic heterocycles. The largest absolute Gasteiger partial charge is 0.352 e. The molecular weight excluding hydrogens is 212 g/mol. The van der Waals surface area contributed by atoms with Crippen LogP contribution in [0.5, 0.6) is 0 Å². The van der Waals surface area contributed by atoms with Crippen molar-refractivity contribution in [1.29, 1.82) is 0 Å². The van der Waals surface area contributed by atoms with E-state index in [0.717, 1.165) is 49.0 Å². The minimum Gasteiger partial charge on any atom is -0.352 e. The number of aryl methyl sites for hydroxylation is 2. The number of nitrogens with two attached hydrogens (primary N) is 1. The molecule has 3 nitrogen and oxygen atoms in total. The highest BCUT2D eigenvalue weighted by Gasteiger charge is 2.07. The Hall–Kier alpha value is -1.35. The number of carbonyl (C=O) groups is 1. The third-order valence-corrected chi connectivity index (χ3v) is 2.80. The zero-order valence-electron chi connectivity index (χ0n) is 10.8. The van der Waals surface area contributed by atoms with Crippen LogP contribution < -0.4 is 11.1 Å². The highest BCUT2D eigenvalue weighted by Crippen LogP contribution is 2.10. The van der Waals surface area contributed by atoms with Crippen LogP contribution in [0.2, 0.25) is 0 Å². The molecule has 0 atom stereocenters. The predicted molar refractivity (Wildman–Crippen MR) is 71.2 cm³/mol. The molecular formula is C14H22N2O. The molecule has 94 valence electrons. The van der Waals surface area contributed by atoms with E-state index in [0.29, 0.717) is 0 Å². The minimum absolute atomic E-state index is 0.0268. The van der Waals surface area contributed by atoms with Crippen molar-refractivity contribution in [3.8, 4) is 0 Å². The van der Waals surface area contributed by atoms with Crippen LogP contribution in [0.3, 0.4) is 0 Å². The summed E-state index contributed by atoms with van der Waals surface area (Å²) < 4.78 is 0. The zero-order valence-corrected chi connectivity index (χ0v) is 10.8. The lowest BCUT2D eigenvalue weighted by atomic mass is 10.1. The summed E-state index contributed by atoms with van der Waals surface area (Å²) in [6.45, 7) is 5.41. The van der Waals surface area contributed by atoms with Crippen molar-refractivity contribution >= 4 is 5.91 Å². The fourth-order valence-corrected chi connectivity index (χ4v) is 1.72. The number of hydrogen-bond acceptors (Lipinski definition) is 2. The van der Waals surface area contributed by atoms with E-state index in [9.17, 15) is 4.79 Å². The van der Waals surface area contributed by atoms with Crippen LogP contribution in [0.15, 0.2) is 18.2 Å². The summed E-state index contributed by atoms with van der Waals surface area (Å²) in [6.07, 6.45) is 3.09. The van der Waals surface area contributed by atoms with E-state index >= 15 is 0 Å². The summed E-state index contributed by atoms with van der Waals surface area (Å²) >= 11 is 0. The number of amides is 1. The monoisotopic (exact) mass is 234 g/mol.